The van der Waals surface area contributed by atoms with Crippen molar-refractivity contribution in [1.29, 1.82) is 0 Å². The molecule has 2 unspecified atom stereocenters. The van der Waals surface area contributed by atoms with Crippen LogP contribution >= 0.6 is 11.3 Å². The van der Waals surface area contributed by atoms with E-state index in [1.165, 1.54) is 10.4 Å². The lowest BCUT2D eigenvalue weighted by Crippen LogP contribution is -2.61. The number of hydrogen-bond donors (Lipinski definition) is 0. The molecule has 5 rings (SSSR count). The van der Waals surface area contributed by atoms with E-state index in [0.717, 1.165) is 43.1 Å². The fourth-order valence-corrected chi connectivity index (χ4v) is 5.56. The molecule has 1 amide bonds. The number of amides is 1. The van der Waals surface area contributed by atoms with Gasteiger partial charge in [-0.1, -0.05) is 18.2 Å². The first-order valence-corrected chi connectivity index (χ1v) is 11.7. The van der Waals surface area contributed by atoms with Crippen LogP contribution in [-0.2, 0) is 0 Å². The summed E-state index contributed by atoms with van der Waals surface area (Å²) in [7, 11) is 0. The molecular weight excluding hydrogens is 406 g/mol. The van der Waals surface area contributed by atoms with E-state index in [1.54, 1.807) is 11.3 Å². The maximum atomic E-state index is 12.8. The summed E-state index contributed by atoms with van der Waals surface area (Å²) in [5, 5.41) is 0. The Bertz CT molecular complexity index is 1020. The molecule has 4 heterocycles. The number of aromatic nitrogens is 1. The van der Waals surface area contributed by atoms with Crippen molar-refractivity contribution in [2.45, 2.75) is 38.0 Å². The number of hydrogen-bond acceptors (Lipinski definition) is 5. The Morgan fingerprint density at radius 3 is 2.45 bits per heavy atom. The molecular formula is C25H27N3O2S. The molecule has 31 heavy (non-hydrogen) atoms. The van der Waals surface area contributed by atoms with E-state index in [4.69, 9.17) is 4.74 Å². The van der Waals surface area contributed by atoms with Crippen LogP contribution in [0, 0.1) is 6.92 Å². The third-order valence-corrected chi connectivity index (χ3v) is 7.34. The van der Waals surface area contributed by atoms with Gasteiger partial charge < -0.3 is 9.64 Å². The minimum Gasteiger partial charge on any atom is -0.487 e. The number of likely N-dealkylation sites (tertiary alicyclic amines) is 2. The molecule has 2 aromatic heterocycles. The number of pyridine rings is 1. The van der Waals surface area contributed by atoms with Gasteiger partial charge in [0.05, 0.1) is 10.9 Å². The predicted octanol–water partition coefficient (Wildman–Crippen LogP) is 4.56. The molecule has 0 radical (unpaired) electrons. The SMILES string of the molecule is Cc1ccc(C(=O)N2CCC(N3CC(Oc4ccccc4)C3c3ccncc3)CC2)s1. The second kappa shape index (κ2) is 8.81. The number of carbonyl (C=O) groups excluding carboxylic acids is 1. The maximum absolute atomic E-state index is 12.8. The molecule has 5 nitrogen and oxygen atoms in total. The maximum Gasteiger partial charge on any atom is 0.263 e. The Kier molecular flexibility index (Phi) is 5.74. The molecule has 1 aromatic carbocycles. The summed E-state index contributed by atoms with van der Waals surface area (Å²) in [5.41, 5.74) is 1.25. The summed E-state index contributed by atoms with van der Waals surface area (Å²) in [6.45, 7) is 4.57. The van der Waals surface area contributed by atoms with Crippen molar-refractivity contribution in [3.8, 4) is 5.75 Å². The molecule has 2 fully saturated rings. The van der Waals surface area contributed by atoms with Crippen LogP contribution in [0.25, 0.3) is 0 Å². The van der Waals surface area contributed by atoms with Crippen LogP contribution in [0.2, 0.25) is 0 Å². The standard InChI is InChI=1S/C25H27N3O2S/c1-18-7-8-23(31-18)25(29)27-15-11-20(12-16-27)28-17-22(30-21-5-3-2-4-6-21)24(28)19-9-13-26-14-10-19/h2-10,13-14,20,22,24H,11-12,15-17H2,1H3. The minimum atomic E-state index is 0.124. The zero-order valence-electron chi connectivity index (χ0n) is 17.7. The summed E-state index contributed by atoms with van der Waals surface area (Å²) in [5.74, 6) is 1.09. The zero-order valence-corrected chi connectivity index (χ0v) is 18.5. The topological polar surface area (TPSA) is 45.7 Å². The van der Waals surface area contributed by atoms with Gasteiger partial charge in [-0.2, -0.15) is 0 Å². The van der Waals surface area contributed by atoms with Crippen LogP contribution in [0.1, 0.15) is 39.0 Å². The third kappa shape index (κ3) is 4.23. The van der Waals surface area contributed by atoms with Crippen molar-refractivity contribution in [2.24, 2.45) is 0 Å². The van der Waals surface area contributed by atoms with Crippen LogP contribution in [0.4, 0.5) is 0 Å². The minimum absolute atomic E-state index is 0.124. The van der Waals surface area contributed by atoms with Crippen LogP contribution in [0.3, 0.4) is 0 Å². The summed E-state index contributed by atoms with van der Waals surface area (Å²) in [6, 6.07) is 18.9. The van der Waals surface area contributed by atoms with E-state index >= 15 is 0 Å². The monoisotopic (exact) mass is 433 g/mol. The fraction of sp³-hybridized carbons (Fsp3) is 0.360. The van der Waals surface area contributed by atoms with Gasteiger partial charge in [0.15, 0.2) is 0 Å². The summed E-state index contributed by atoms with van der Waals surface area (Å²) < 4.78 is 6.33. The van der Waals surface area contributed by atoms with Gasteiger partial charge in [0.25, 0.3) is 5.91 Å². The number of thiophene rings is 1. The highest BCUT2D eigenvalue weighted by Crippen LogP contribution is 2.40. The summed E-state index contributed by atoms with van der Waals surface area (Å²) >= 11 is 1.59. The van der Waals surface area contributed by atoms with E-state index in [-0.39, 0.29) is 18.1 Å². The van der Waals surface area contributed by atoms with Gasteiger partial charge in [-0.3, -0.25) is 14.7 Å². The number of piperidine rings is 1. The van der Waals surface area contributed by atoms with E-state index in [9.17, 15) is 4.79 Å². The largest absolute Gasteiger partial charge is 0.487 e. The number of aryl methyl sites for hydroxylation is 1. The summed E-state index contributed by atoms with van der Waals surface area (Å²) in [6.07, 6.45) is 5.83. The Hall–Kier alpha value is -2.70. The molecule has 3 aromatic rings. The van der Waals surface area contributed by atoms with Gasteiger partial charge >= 0.3 is 0 Å². The third-order valence-electron chi connectivity index (χ3n) is 6.35. The first-order valence-electron chi connectivity index (χ1n) is 10.9. The number of ether oxygens (including phenoxy) is 1. The molecule has 2 aliphatic heterocycles. The van der Waals surface area contributed by atoms with Crippen molar-refractivity contribution in [2.75, 3.05) is 19.6 Å². The van der Waals surface area contributed by atoms with Crippen LogP contribution < -0.4 is 4.74 Å². The first kappa shape index (κ1) is 20.2. The van der Waals surface area contributed by atoms with Crippen molar-refractivity contribution < 1.29 is 9.53 Å². The zero-order chi connectivity index (χ0) is 21.2. The molecule has 2 saturated heterocycles. The van der Waals surface area contributed by atoms with Gasteiger partial charge in [0.1, 0.15) is 11.9 Å². The van der Waals surface area contributed by atoms with E-state index in [1.807, 2.05) is 66.7 Å². The van der Waals surface area contributed by atoms with Crippen molar-refractivity contribution >= 4 is 17.2 Å². The molecule has 2 atom stereocenters. The lowest BCUT2D eigenvalue weighted by molar-refractivity contribution is -0.0842. The Morgan fingerprint density at radius 1 is 1.03 bits per heavy atom. The van der Waals surface area contributed by atoms with E-state index < -0.39 is 0 Å². The van der Waals surface area contributed by atoms with Gasteiger partial charge in [0.2, 0.25) is 0 Å². The Balaban J connectivity index is 1.26. The average Bonchev–Trinajstić information content (AvgIpc) is 3.24. The normalized spacial score (nSPS) is 22.2. The van der Waals surface area contributed by atoms with E-state index in [0.29, 0.717) is 6.04 Å². The lowest BCUT2D eigenvalue weighted by atomic mass is 9.87. The Labute approximate surface area is 187 Å². The number of benzene rings is 1. The highest BCUT2D eigenvalue weighted by atomic mass is 32.1. The van der Waals surface area contributed by atoms with Gasteiger partial charge in [-0.05, 0) is 61.7 Å². The second-order valence-corrected chi connectivity index (χ2v) is 9.61. The van der Waals surface area contributed by atoms with Crippen LogP contribution in [0.15, 0.2) is 67.0 Å². The molecule has 0 bridgehead atoms. The first-order chi connectivity index (χ1) is 15.2. The molecule has 160 valence electrons. The van der Waals surface area contributed by atoms with Gasteiger partial charge in [-0.15, -0.1) is 11.3 Å². The predicted molar refractivity (Wildman–Crippen MR) is 123 cm³/mol. The smallest absolute Gasteiger partial charge is 0.263 e. The molecule has 0 saturated carbocycles. The lowest BCUT2D eigenvalue weighted by Gasteiger charge is -2.53. The molecule has 0 spiro atoms. The number of carbonyl (C=O) groups is 1. The number of para-hydroxylation sites is 1. The fourth-order valence-electron chi connectivity index (χ4n) is 4.72. The number of rotatable bonds is 5. The molecule has 0 N–H and O–H groups in total. The van der Waals surface area contributed by atoms with Gasteiger partial charge in [-0.25, -0.2) is 0 Å². The molecule has 2 aliphatic rings. The Morgan fingerprint density at radius 2 is 1.77 bits per heavy atom. The molecule has 6 heteroatoms. The van der Waals surface area contributed by atoms with E-state index in [2.05, 4.69) is 22.0 Å². The van der Waals surface area contributed by atoms with Crippen molar-refractivity contribution in [1.82, 2.24) is 14.8 Å². The van der Waals surface area contributed by atoms with Crippen LogP contribution in [0.5, 0.6) is 5.75 Å². The van der Waals surface area contributed by atoms with Crippen LogP contribution in [-0.4, -0.2) is 52.5 Å². The summed E-state index contributed by atoms with van der Waals surface area (Å²) in [4.78, 5) is 23.6. The number of nitrogens with zero attached hydrogens (tertiary/aromatic N) is 3. The van der Waals surface area contributed by atoms with Crippen molar-refractivity contribution in [3.05, 3.63) is 82.3 Å². The second-order valence-electron chi connectivity index (χ2n) is 8.33. The molecule has 0 aliphatic carbocycles. The van der Waals surface area contributed by atoms with Gasteiger partial charge in [0, 0.05) is 42.9 Å². The average molecular weight is 434 g/mol. The quantitative estimate of drug-likeness (QED) is 0.592. The van der Waals surface area contributed by atoms with Crippen molar-refractivity contribution in [3.63, 3.8) is 0 Å². The highest BCUT2D eigenvalue weighted by molar-refractivity contribution is 7.13. The highest BCUT2D eigenvalue weighted by Gasteiger charge is 2.46.